The highest BCUT2D eigenvalue weighted by atomic mass is 35.5. The Morgan fingerprint density at radius 2 is 1.89 bits per heavy atom. The van der Waals surface area contributed by atoms with Gasteiger partial charge in [0.25, 0.3) is 5.91 Å². The second-order valence-corrected chi connectivity index (χ2v) is 8.69. The van der Waals surface area contributed by atoms with Gasteiger partial charge in [-0.2, -0.15) is 0 Å². The molecule has 36 heavy (non-hydrogen) atoms. The fourth-order valence-electron chi connectivity index (χ4n) is 3.98. The molecule has 1 aromatic carbocycles. The molecule has 1 saturated heterocycles. The summed E-state index contributed by atoms with van der Waals surface area (Å²) < 4.78 is 13.0. The Hall–Kier alpha value is -4.11. The highest BCUT2D eigenvalue weighted by Crippen LogP contribution is 2.29. The maximum atomic E-state index is 13.0. The van der Waals surface area contributed by atoms with Crippen LogP contribution in [0.3, 0.4) is 0 Å². The first-order chi connectivity index (χ1) is 17.4. The number of aromatic nitrogens is 2. The summed E-state index contributed by atoms with van der Waals surface area (Å²) in [7, 11) is 0. The summed E-state index contributed by atoms with van der Waals surface area (Å²) >= 11 is 6.46. The van der Waals surface area contributed by atoms with Gasteiger partial charge in [0.1, 0.15) is 11.6 Å². The first-order valence-corrected chi connectivity index (χ1v) is 11.7. The molecule has 3 aromatic rings. The van der Waals surface area contributed by atoms with E-state index < -0.39 is 11.7 Å². The minimum Gasteiger partial charge on any atom is -0.379 e. The number of carbonyl (C=O) groups excluding carboxylic acids is 2. The van der Waals surface area contributed by atoms with E-state index in [0.29, 0.717) is 40.5 Å². The number of anilines is 2. The number of hydrogen-bond acceptors (Lipinski definition) is 6. The largest absolute Gasteiger partial charge is 0.379 e. The average Bonchev–Trinajstić information content (AvgIpc) is 2.90. The van der Waals surface area contributed by atoms with Gasteiger partial charge in [-0.05, 0) is 43.2 Å². The number of benzene rings is 1. The second-order valence-electron chi connectivity index (χ2n) is 8.28. The van der Waals surface area contributed by atoms with Crippen LogP contribution in [0.2, 0.25) is 5.02 Å². The predicted molar refractivity (Wildman–Crippen MR) is 137 cm³/mol. The molecule has 1 aliphatic heterocycles. The Morgan fingerprint density at radius 1 is 1.14 bits per heavy atom. The summed E-state index contributed by atoms with van der Waals surface area (Å²) in [5.41, 5.74) is 2.16. The summed E-state index contributed by atoms with van der Waals surface area (Å²) in [6, 6.07) is 9.04. The van der Waals surface area contributed by atoms with Gasteiger partial charge >= 0.3 is 0 Å². The van der Waals surface area contributed by atoms with Crippen molar-refractivity contribution in [1.29, 1.82) is 5.41 Å². The molecule has 0 bridgehead atoms. The molecule has 2 aromatic heterocycles. The summed E-state index contributed by atoms with van der Waals surface area (Å²) in [5, 5.41) is 15.1. The fraction of sp³-hybridized carbons (Fsp3) is 0.192. The molecule has 3 heterocycles. The Balaban J connectivity index is 1.50. The third-order valence-electron chi connectivity index (χ3n) is 5.83. The Labute approximate surface area is 212 Å². The quantitative estimate of drug-likeness (QED) is 0.322. The van der Waals surface area contributed by atoms with Crippen LogP contribution in [0.4, 0.5) is 15.9 Å². The lowest BCUT2D eigenvalue weighted by molar-refractivity contribution is -0.127. The van der Waals surface area contributed by atoms with E-state index >= 15 is 0 Å². The van der Waals surface area contributed by atoms with Crippen LogP contribution in [-0.4, -0.2) is 51.5 Å². The van der Waals surface area contributed by atoms with Crippen molar-refractivity contribution in [2.45, 2.75) is 18.9 Å². The standard InChI is InChI=1S/C26H24ClFN6O2/c1-2-23(35)34-11-3-4-19(15-34)32-25-20(13-30-14-21(25)27)24(29)16-5-7-17(8-6-16)26(36)33-22-10-9-18(28)12-31-22/h2,5-10,12-14,19,29H,1,3-4,11,15H2,(H,30,32)(H,31,33,36). The number of halogens is 2. The molecule has 1 atom stereocenters. The molecule has 4 rings (SSSR count). The summed E-state index contributed by atoms with van der Waals surface area (Å²) in [5.74, 6) is -0.786. The van der Waals surface area contributed by atoms with Crippen LogP contribution >= 0.6 is 11.6 Å². The Kier molecular flexibility index (Phi) is 7.70. The van der Waals surface area contributed by atoms with Crippen LogP contribution in [0.1, 0.15) is 34.3 Å². The van der Waals surface area contributed by atoms with E-state index in [2.05, 4.69) is 27.2 Å². The molecule has 184 valence electrons. The normalized spacial score (nSPS) is 15.2. The highest BCUT2D eigenvalue weighted by Gasteiger charge is 2.24. The van der Waals surface area contributed by atoms with Gasteiger partial charge in [0.15, 0.2) is 0 Å². The van der Waals surface area contributed by atoms with Gasteiger partial charge in [-0.25, -0.2) is 9.37 Å². The molecule has 0 saturated carbocycles. The van der Waals surface area contributed by atoms with Crippen molar-refractivity contribution in [1.82, 2.24) is 14.9 Å². The molecule has 1 unspecified atom stereocenters. The molecule has 0 radical (unpaired) electrons. The van der Waals surface area contributed by atoms with E-state index in [0.717, 1.165) is 19.0 Å². The van der Waals surface area contributed by atoms with E-state index in [4.69, 9.17) is 17.0 Å². The molecule has 0 spiro atoms. The van der Waals surface area contributed by atoms with Crippen LogP contribution in [0, 0.1) is 11.2 Å². The zero-order valence-corrected chi connectivity index (χ0v) is 20.1. The van der Waals surface area contributed by atoms with Crippen molar-refractivity contribution in [2.24, 2.45) is 0 Å². The molecule has 8 nitrogen and oxygen atoms in total. The number of rotatable bonds is 7. The van der Waals surface area contributed by atoms with Crippen molar-refractivity contribution >= 4 is 40.6 Å². The van der Waals surface area contributed by atoms with Crippen LogP contribution in [-0.2, 0) is 4.79 Å². The monoisotopic (exact) mass is 506 g/mol. The molecule has 3 N–H and O–H groups in total. The first kappa shape index (κ1) is 25.0. The van der Waals surface area contributed by atoms with Gasteiger partial charge in [-0.1, -0.05) is 30.3 Å². The van der Waals surface area contributed by atoms with E-state index in [-0.39, 0.29) is 23.5 Å². The third kappa shape index (κ3) is 5.75. The molecular formula is C26H24ClFN6O2. The average molecular weight is 507 g/mol. The Morgan fingerprint density at radius 3 is 2.58 bits per heavy atom. The Bertz CT molecular complexity index is 1300. The van der Waals surface area contributed by atoms with Gasteiger partial charge in [-0.15, -0.1) is 0 Å². The van der Waals surface area contributed by atoms with Gasteiger partial charge < -0.3 is 15.5 Å². The number of nitrogens with one attached hydrogen (secondary N) is 3. The second kappa shape index (κ2) is 11.1. The van der Waals surface area contributed by atoms with E-state index in [1.54, 1.807) is 35.4 Å². The van der Waals surface area contributed by atoms with Crippen molar-refractivity contribution in [2.75, 3.05) is 23.7 Å². The summed E-state index contributed by atoms with van der Waals surface area (Å²) in [6.45, 7) is 4.74. The lowest BCUT2D eigenvalue weighted by Gasteiger charge is -2.33. The summed E-state index contributed by atoms with van der Waals surface area (Å²) in [4.78, 5) is 34.2. The van der Waals surface area contributed by atoms with Crippen molar-refractivity contribution in [3.05, 3.63) is 95.2 Å². The molecule has 10 heteroatoms. The minimum absolute atomic E-state index is 0.0414. The highest BCUT2D eigenvalue weighted by molar-refractivity contribution is 6.34. The lowest BCUT2D eigenvalue weighted by Crippen LogP contribution is -2.44. The van der Waals surface area contributed by atoms with Crippen molar-refractivity contribution in [3.8, 4) is 0 Å². The van der Waals surface area contributed by atoms with Gasteiger partial charge in [-0.3, -0.25) is 20.0 Å². The maximum absolute atomic E-state index is 13.0. The van der Waals surface area contributed by atoms with Crippen LogP contribution in [0.25, 0.3) is 0 Å². The van der Waals surface area contributed by atoms with E-state index in [1.165, 1.54) is 24.4 Å². The third-order valence-corrected chi connectivity index (χ3v) is 6.12. The summed E-state index contributed by atoms with van der Waals surface area (Å²) in [6.07, 6.45) is 7.08. The number of piperidine rings is 1. The van der Waals surface area contributed by atoms with Crippen LogP contribution in [0.15, 0.2) is 67.6 Å². The van der Waals surface area contributed by atoms with Gasteiger partial charge in [0.05, 0.1) is 22.6 Å². The smallest absolute Gasteiger partial charge is 0.256 e. The van der Waals surface area contributed by atoms with E-state index in [9.17, 15) is 14.0 Å². The molecule has 1 aliphatic rings. The number of nitrogens with zero attached hydrogens (tertiary/aromatic N) is 3. The zero-order valence-electron chi connectivity index (χ0n) is 19.3. The predicted octanol–water partition coefficient (Wildman–Crippen LogP) is 4.53. The molecular weight excluding hydrogens is 483 g/mol. The zero-order chi connectivity index (χ0) is 25.7. The van der Waals surface area contributed by atoms with Gasteiger partial charge in [0, 0.05) is 48.2 Å². The van der Waals surface area contributed by atoms with Gasteiger partial charge in [0.2, 0.25) is 5.91 Å². The number of carbonyl (C=O) groups is 2. The molecule has 2 amide bonds. The maximum Gasteiger partial charge on any atom is 0.256 e. The topological polar surface area (TPSA) is 111 Å². The van der Waals surface area contributed by atoms with Crippen molar-refractivity contribution < 1.29 is 14.0 Å². The minimum atomic E-state index is -0.494. The van der Waals surface area contributed by atoms with Crippen LogP contribution in [0.5, 0.6) is 0 Å². The fourth-order valence-corrected chi connectivity index (χ4v) is 4.19. The first-order valence-electron chi connectivity index (χ1n) is 11.3. The lowest BCUT2D eigenvalue weighted by atomic mass is 9.99. The number of pyridine rings is 2. The number of amides is 2. The molecule has 0 aliphatic carbocycles. The number of likely N-dealkylation sites (tertiary alicyclic amines) is 1. The van der Waals surface area contributed by atoms with E-state index in [1.807, 2.05) is 0 Å². The van der Waals surface area contributed by atoms with Crippen molar-refractivity contribution in [3.63, 3.8) is 0 Å². The SMILES string of the molecule is C=CC(=O)N1CCCC(Nc2c(Cl)cncc2C(=N)c2ccc(C(=O)Nc3ccc(F)cn3)cc2)C1. The van der Waals surface area contributed by atoms with Crippen LogP contribution < -0.4 is 10.6 Å². The number of hydrogen-bond donors (Lipinski definition) is 3. The molecule has 1 fully saturated rings.